The Kier molecular flexibility index (Phi) is 12.7. The number of amides is 3. The van der Waals surface area contributed by atoms with Crippen molar-refractivity contribution in [2.24, 2.45) is 17.8 Å². The molecule has 0 aromatic heterocycles. The lowest BCUT2D eigenvalue weighted by atomic mass is 9.70. The van der Waals surface area contributed by atoms with Crippen LogP contribution in [-0.2, 0) is 28.7 Å². The maximum Gasteiger partial charge on any atom is 0.313 e. The number of likely N-dealkylation sites (tertiary alicyclic amines) is 1. The molecule has 0 radical (unpaired) electrons. The summed E-state index contributed by atoms with van der Waals surface area (Å²) >= 11 is 10.4. The van der Waals surface area contributed by atoms with E-state index in [0.29, 0.717) is 29.1 Å². The van der Waals surface area contributed by atoms with Gasteiger partial charge in [0, 0.05) is 24.8 Å². The van der Waals surface area contributed by atoms with Gasteiger partial charge in [0.1, 0.15) is 17.7 Å². The predicted molar refractivity (Wildman–Crippen MR) is 204 cm³/mol. The zero-order valence-electron chi connectivity index (χ0n) is 30.2. The number of benzene rings is 2. The van der Waals surface area contributed by atoms with Crippen LogP contribution in [0.2, 0.25) is 5.02 Å². The largest absolute Gasteiger partial charge is 0.455 e. The lowest BCUT2D eigenvalue weighted by Gasteiger charge is -2.40. The topological polar surface area (TPSA) is 117 Å². The summed E-state index contributed by atoms with van der Waals surface area (Å²) in [6, 6.07) is 13.7. The van der Waals surface area contributed by atoms with Gasteiger partial charge in [0.25, 0.3) is 5.91 Å². The Hall–Kier alpha value is -3.51. The summed E-state index contributed by atoms with van der Waals surface area (Å²) in [4.78, 5) is 61.8. The molecular weight excluding hydrogens is 750 g/mol. The summed E-state index contributed by atoms with van der Waals surface area (Å²) in [6.45, 7) is 13.1. The highest BCUT2D eigenvalue weighted by molar-refractivity contribution is 9.09. The zero-order chi connectivity index (χ0) is 37.9. The van der Waals surface area contributed by atoms with E-state index < -0.39 is 65.6 Å². The molecule has 3 aliphatic rings. The number of fused-ring (bicyclic) bond motifs is 1. The van der Waals surface area contributed by atoms with Crippen LogP contribution in [0.15, 0.2) is 79.9 Å². The Morgan fingerprint density at radius 1 is 1.12 bits per heavy atom. The van der Waals surface area contributed by atoms with Crippen LogP contribution in [0.1, 0.15) is 58.1 Å². The molecule has 3 heterocycles. The molecule has 9 atom stereocenters. The van der Waals surface area contributed by atoms with Crippen LogP contribution in [-0.4, -0.2) is 93.5 Å². The number of allylic oxidation sites excluding steroid dienone is 1. The van der Waals surface area contributed by atoms with Gasteiger partial charge in [-0.2, -0.15) is 0 Å². The molecule has 3 saturated heterocycles. The summed E-state index contributed by atoms with van der Waals surface area (Å²) in [7, 11) is 1.68. The number of likely N-dealkylation sites (N-methyl/N-ethyl adjacent to an activating group) is 1. The van der Waals surface area contributed by atoms with Crippen molar-refractivity contribution in [3.63, 3.8) is 0 Å². The molecule has 0 saturated carbocycles. The first-order valence-corrected chi connectivity index (χ1v) is 19.2. The Bertz CT molecular complexity index is 1660. The normalized spacial score (nSPS) is 26.4. The molecule has 1 N–H and O–H groups in total. The highest BCUT2D eigenvalue weighted by Crippen LogP contribution is 2.61. The Morgan fingerprint density at radius 2 is 1.79 bits per heavy atom. The van der Waals surface area contributed by atoms with Crippen molar-refractivity contribution in [2.75, 3.05) is 25.1 Å². The first-order chi connectivity index (χ1) is 24.8. The summed E-state index contributed by atoms with van der Waals surface area (Å²) in [6.07, 6.45) is 3.08. The third-order valence-corrected chi connectivity index (χ3v) is 11.8. The van der Waals surface area contributed by atoms with Crippen molar-refractivity contribution in [1.29, 1.82) is 0 Å². The number of para-hydroxylation sites is 1. The zero-order valence-corrected chi connectivity index (χ0v) is 32.5. The molecule has 2 aromatic rings. The van der Waals surface area contributed by atoms with E-state index in [-0.39, 0.29) is 42.6 Å². The minimum absolute atomic E-state index is 0.0766. The van der Waals surface area contributed by atoms with Crippen LogP contribution in [0.5, 0.6) is 0 Å². The number of esters is 1. The van der Waals surface area contributed by atoms with Gasteiger partial charge in [-0.15, -0.1) is 13.2 Å². The second kappa shape index (κ2) is 16.7. The SMILES string of the molecule is C=CCCC(=O)N(C)[C@H](C)[C@H](OC(=O)[C@H]1[C@@H]2O[C@@]3(CC2Br)[C@@H]1C(=O)N([C@@H](CO)CC(C)C)[C@@H]3C(=O)N(CC=C)c1ccccc1Cl)c1ccccc1. The second-order valence-electron chi connectivity index (χ2n) is 14.4. The maximum atomic E-state index is 15.0. The van der Waals surface area contributed by atoms with Crippen LogP contribution in [0.25, 0.3) is 0 Å². The molecule has 1 unspecified atom stereocenters. The molecular formula is C40H49BrClN3O7. The van der Waals surface area contributed by atoms with Crippen molar-refractivity contribution in [3.05, 3.63) is 90.5 Å². The average molecular weight is 799 g/mol. The van der Waals surface area contributed by atoms with Crippen molar-refractivity contribution in [1.82, 2.24) is 9.80 Å². The monoisotopic (exact) mass is 797 g/mol. The Labute approximate surface area is 319 Å². The molecule has 10 nitrogen and oxygen atoms in total. The van der Waals surface area contributed by atoms with Crippen molar-refractivity contribution < 1.29 is 33.8 Å². The molecule has 3 aliphatic heterocycles. The van der Waals surface area contributed by atoms with Gasteiger partial charge < -0.3 is 29.3 Å². The number of ether oxygens (including phenoxy) is 2. The first-order valence-electron chi connectivity index (χ1n) is 17.9. The van der Waals surface area contributed by atoms with Crippen LogP contribution in [0, 0.1) is 17.8 Å². The molecule has 1 spiro atoms. The molecule has 3 amide bonds. The van der Waals surface area contributed by atoms with Crippen LogP contribution >= 0.6 is 27.5 Å². The van der Waals surface area contributed by atoms with Gasteiger partial charge in [-0.3, -0.25) is 19.2 Å². The van der Waals surface area contributed by atoms with Crippen molar-refractivity contribution >= 4 is 56.9 Å². The summed E-state index contributed by atoms with van der Waals surface area (Å²) in [5, 5.41) is 11.1. The number of alkyl halides is 1. The fourth-order valence-electron chi connectivity index (χ4n) is 8.21. The fourth-order valence-corrected chi connectivity index (χ4v) is 9.39. The van der Waals surface area contributed by atoms with Gasteiger partial charge in [-0.25, -0.2) is 0 Å². The standard InChI is InChI=1S/C40H49BrClN3O7/c1-7-9-19-31(47)43(6)25(5)34(26-15-11-10-12-16-26)51-39(50)32-33-37(48)45(27(23-46)21-24(3)4)36(40(33)22-28(41)35(32)52-40)38(49)44(20-8-2)30-18-14-13-17-29(30)42/h7-8,10-18,24-25,27-28,32-36,46H,1-2,9,19-23H2,3-6H3/t25-,27-,28?,32-,33+,34+,35-,36-,40+/m1/s1. The summed E-state index contributed by atoms with van der Waals surface area (Å²) in [5.41, 5.74) is -0.283. The number of aliphatic hydroxyl groups excluding tert-OH is 1. The van der Waals surface area contributed by atoms with E-state index in [9.17, 15) is 19.5 Å². The molecule has 52 heavy (non-hydrogen) atoms. The number of aliphatic hydroxyl groups is 1. The smallest absolute Gasteiger partial charge is 0.313 e. The number of carbonyl (C=O) groups excluding carboxylic acids is 4. The van der Waals surface area contributed by atoms with E-state index in [1.165, 1.54) is 9.80 Å². The summed E-state index contributed by atoms with van der Waals surface area (Å²) < 4.78 is 13.1. The second-order valence-corrected chi connectivity index (χ2v) is 16.0. The highest BCUT2D eigenvalue weighted by atomic mass is 79.9. The number of halogens is 2. The minimum atomic E-state index is -1.41. The molecule has 5 rings (SSSR count). The van der Waals surface area contributed by atoms with Gasteiger partial charge in [0.05, 0.1) is 47.3 Å². The highest BCUT2D eigenvalue weighted by Gasteiger charge is 2.77. The average Bonchev–Trinajstić information content (AvgIpc) is 3.73. The summed E-state index contributed by atoms with van der Waals surface area (Å²) in [5.74, 6) is -3.74. The van der Waals surface area contributed by atoms with Gasteiger partial charge in [-0.05, 0) is 49.8 Å². The van der Waals surface area contributed by atoms with E-state index in [1.807, 2.05) is 51.1 Å². The van der Waals surface area contributed by atoms with Gasteiger partial charge in [0.15, 0.2) is 0 Å². The maximum absolute atomic E-state index is 15.0. The van der Waals surface area contributed by atoms with Crippen molar-refractivity contribution in [2.45, 2.75) is 87.2 Å². The predicted octanol–water partition coefficient (Wildman–Crippen LogP) is 6.11. The first kappa shape index (κ1) is 39.7. The fraction of sp³-hybridized carbons (Fsp3) is 0.500. The number of hydrogen-bond donors (Lipinski definition) is 1. The minimum Gasteiger partial charge on any atom is -0.455 e. The van der Waals surface area contributed by atoms with E-state index in [1.54, 1.807) is 48.4 Å². The van der Waals surface area contributed by atoms with Crippen LogP contribution in [0.4, 0.5) is 5.69 Å². The van der Waals surface area contributed by atoms with E-state index in [2.05, 4.69) is 29.1 Å². The van der Waals surface area contributed by atoms with Gasteiger partial charge in [-0.1, -0.05) is 96.0 Å². The van der Waals surface area contributed by atoms with Crippen molar-refractivity contribution in [3.8, 4) is 0 Å². The molecule has 2 bridgehead atoms. The molecule has 12 heteroatoms. The Morgan fingerprint density at radius 3 is 2.40 bits per heavy atom. The quantitative estimate of drug-likeness (QED) is 0.124. The van der Waals surface area contributed by atoms with E-state index in [4.69, 9.17) is 21.1 Å². The number of nitrogens with zero attached hydrogens (tertiary/aromatic N) is 3. The number of hydrogen-bond acceptors (Lipinski definition) is 7. The molecule has 2 aromatic carbocycles. The number of anilines is 1. The van der Waals surface area contributed by atoms with Crippen LogP contribution < -0.4 is 4.90 Å². The lowest BCUT2D eigenvalue weighted by molar-refractivity contribution is -0.165. The lowest BCUT2D eigenvalue weighted by Crippen LogP contribution is -2.59. The third-order valence-electron chi connectivity index (χ3n) is 10.7. The molecule has 0 aliphatic carbocycles. The van der Waals surface area contributed by atoms with E-state index in [0.717, 1.165) is 0 Å². The van der Waals surface area contributed by atoms with E-state index >= 15 is 4.79 Å². The van der Waals surface area contributed by atoms with Gasteiger partial charge >= 0.3 is 5.97 Å². The van der Waals surface area contributed by atoms with Gasteiger partial charge in [0.2, 0.25) is 11.8 Å². The number of carbonyl (C=O) groups is 4. The number of rotatable bonds is 16. The van der Waals surface area contributed by atoms with Crippen LogP contribution in [0.3, 0.4) is 0 Å². The Balaban J connectivity index is 1.57. The third kappa shape index (κ3) is 7.34. The molecule has 280 valence electrons. The molecule has 3 fully saturated rings.